The minimum atomic E-state index is -1.24. The van der Waals surface area contributed by atoms with Gasteiger partial charge in [-0.3, -0.25) is 10.2 Å². The first-order chi connectivity index (χ1) is 20.1. The predicted octanol–water partition coefficient (Wildman–Crippen LogP) is 2.58. The van der Waals surface area contributed by atoms with E-state index in [9.17, 15) is 4.79 Å². The second kappa shape index (κ2) is 11.4. The molecule has 1 atom stereocenters. The Kier molecular flexibility index (Phi) is 7.20. The molecule has 12 nitrogen and oxygen atoms in total. The zero-order chi connectivity index (χ0) is 28.2. The first-order valence-electron chi connectivity index (χ1n) is 13.0. The van der Waals surface area contributed by atoms with Crippen LogP contribution in [-0.4, -0.2) is 70.8 Å². The van der Waals surface area contributed by atoms with E-state index in [1.54, 1.807) is 23.1 Å². The zero-order valence-electron chi connectivity index (χ0n) is 22.0. The Balaban J connectivity index is 1.31. The molecule has 206 valence electrons. The summed E-state index contributed by atoms with van der Waals surface area (Å²) in [5.41, 5.74) is 9.32. The summed E-state index contributed by atoms with van der Waals surface area (Å²) in [6.07, 6.45) is 2.08. The Morgan fingerprint density at radius 3 is 2.59 bits per heavy atom. The molecule has 4 N–H and O–H groups in total. The summed E-state index contributed by atoms with van der Waals surface area (Å²) in [5, 5.41) is 16.3. The van der Waals surface area contributed by atoms with Gasteiger partial charge in [0, 0.05) is 36.6 Å². The van der Waals surface area contributed by atoms with E-state index in [4.69, 9.17) is 20.6 Å². The molecule has 1 amide bonds. The third kappa shape index (κ3) is 5.54. The molecule has 0 spiro atoms. The van der Waals surface area contributed by atoms with E-state index in [1.807, 2.05) is 71.6 Å². The molecule has 2 aromatic heterocycles. The lowest BCUT2D eigenvalue weighted by molar-refractivity contribution is -0.117. The lowest BCUT2D eigenvalue weighted by Gasteiger charge is -2.27. The summed E-state index contributed by atoms with van der Waals surface area (Å²) in [7, 11) is 0. The highest BCUT2D eigenvalue weighted by Crippen LogP contribution is 2.25. The van der Waals surface area contributed by atoms with Gasteiger partial charge in [0.25, 0.3) is 11.9 Å². The average molecular weight is 550 g/mol. The number of carbonyl (C=O) groups is 1. The molecule has 0 radical (unpaired) electrons. The molecule has 41 heavy (non-hydrogen) atoms. The largest absolute Gasteiger partial charge is 0.407 e. The van der Waals surface area contributed by atoms with E-state index < -0.39 is 12.1 Å². The van der Waals surface area contributed by atoms with Crippen LogP contribution in [0.25, 0.3) is 5.82 Å². The van der Waals surface area contributed by atoms with E-state index in [1.165, 1.54) is 0 Å². The molecule has 0 aliphatic carbocycles. The van der Waals surface area contributed by atoms with Crippen molar-refractivity contribution in [1.29, 1.82) is 5.41 Å². The molecule has 4 aromatic rings. The third-order valence-corrected chi connectivity index (χ3v) is 6.56. The van der Waals surface area contributed by atoms with Crippen molar-refractivity contribution in [3.63, 3.8) is 0 Å². The fourth-order valence-corrected chi connectivity index (χ4v) is 4.61. The average Bonchev–Trinajstić information content (AvgIpc) is 3.41. The third-order valence-electron chi connectivity index (χ3n) is 6.56. The lowest BCUT2D eigenvalue weighted by atomic mass is 10.0. The van der Waals surface area contributed by atoms with Gasteiger partial charge in [0.2, 0.25) is 12.1 Å². The highest BCUT2D eigenvalue weighted by atomic mass is 16.5. The highest BCUT2D eigenvalue weighted by molar-refractivity contribution is 6.19. The monoisotopic (exact) mass is 549 g/mol. The number of nitrogens with zero attached hydrogens (tertiary/aromatic N) is 6. The van der Waals surface area contributed by atoms with Crippen LogP contribution in [0.15, 0.2) is 95.2 Å². The van der Waals surface area contributed by atoms with Crippen molar-refractivity contribution in [3.05, 3.63) is 102 Å². The van der Waals surface area contributed by atoms with E-state index in [0.29, 0.717) is 54.9 Å². The van der Waals surface area contributed by atoms with Gasteiger partial charge in [0.1, 0.15) is 0 Å². The van der Waals surface area contributed by atoms with Gasteiger partial charge < -0.3 is 25.4 Å². The number of para-hydroxylation sites is 1. The van der Waals surface area contributed by atoms with Crippen LogP contribution in [0.1, 0.15) is 16.7 Å². The Labute approximate surface area is 235 Å². The van der Waals surface area contributed by atoms with E-state index >= 15 is 0 Å². The highest BCUT2D eigenvalue weighted by Gasteiger charge is 2.27. The molecule has 1 fully saturated rings. The smallest absolute Gasteiger partial charge is 0.291 e. The molecular weight excluding hydrogens is 522 g/mol. The van der Waals surface area contributed by atoms with Crippen LogP contribution in [0, 0.1) is 5.41 Å². The van der Waals surface area contributed by atoms with Gasteiger partial charge in [-0.1, -0.05) is 54.6 Å². The Bertz CT molecular complexity index is 1630. The Morgan fingerprint density at radius 2 is 1.80 bits per heavy atom. The normalized spacial score (nSPS) is 17.2. The maximum Gasteiger partial charge on any atom is 0.291 e. The molecule has 0 saturated carbocycles. The van der Waals surface area contributed by atoms with Crippen LogP contribution in [0.3, 0.4) is 0 Å². The zero-order valence-corrected chi connectivity index (χ0v) is 22.0. The molecule has 0 bridgehead atoms. The first-order valence-corrected chi connectivity index (χ1v) is 13.0. The number of hydrogen-bond acceptors (Lipinski definition) is 9. The molecule has 0 unspecified atom stereocenters. The molecular formula is C29H27N9O3. The number of fused-ring (bicyclic) bond motifs is 1. The molecule has 6 rings (SSSR count). The van der Waals surface area contributed by atoms with Gasteiger partial charge in [-0.05, 0) is 18.2 Å². The maximum absolute atomic E-state index is 13.1. The molecule has 12 heteroatoms. The van der Waals surface area contributed by atoms with Crippen molar-refractivity contribution in [1.82, 2.24) is 14.8 Å². The number of ether oxygens (including phenoxy) is 2. The van der Waals surface area contributed by atoms with Crippen molar-refractivity contribution in [2.24, 2.45) is 15.7 Å². The van der Waals surface area contributed by atoms with Crippen molar-refractivity contribution in [2.75, 3.05) is 36.5 Å². The molecule has 2 aromatic carbocycles. The number of amidine groups is 1. The number of aliphatic imine (C=N–C) groups is 2. The van der Waals surface area contributed by atoms with Crippen molar-refractivity contribution in [3.8, 4) is 5.82 Å². The number of rotatable bonds is 5. The standard InChI is InChI=1S/C29H27N9O3/c30-25(21-18-38(23-12-6-7-13-32-23)36-27(21)37-14-16-40-17-15-37)41-29(31)35-26-28(39)33-22-11-5-4-10-20(22)24(34-26)19-8-2-1-3-9-19/h1-13,18,26,30H,14-17H2,(H2,31,35)(H,33,39)/t26-/m1/s1. The van der Waals surface area contributed by atoms with Crippen molar-refractivity contribution < 1.29 is 14.3 Å². The van der Waals surface area contributed by atoms with Crippen LogP contribution >= 0.6 is 0 Å². The number of nitrogens with two attached hydrogens (primary N) is 1. The molecule has 2 aliphatic rings. The fourth-order valence-electron chi connectivity index (χ4n) is 4.61. The summed E-state index contributed by atoms with van der Waals surface area (Å²) >= 11 is 0. The topological polar surface area (TPSA) is 156 Å². The number of nitrogens with one attached hydrogen (secondary N) is 2. The van der Waals surface area contributed by atoms with E-state index in [2.05, 4.69) is 25.4 Å². The van der Waals surface area contributed by atoms with Gasteiger partial charge in [-0.25, -0.2) is 14.7 Å². The second-order valence-corrected chi connectivity index (χ2v) is 9.25. The van der Waals surface area contributed by atoms with Crippen LogP contribution in [0.4, 0.5) is 11.5 Å². The van der Waals surface area contributed by atoms with Gasteiger partial charge in [-0.2, -0.15) is 4.99 Å². The number of morpholine rings is 1. The number of anilines is 2. The SMILES string of the molecule is N=C(O/C(N)=N/[C@H]1N=C(c2ccccc2)c2ccccc2NC1=O)c1cn(-c2ccccn2)nc1N1CCOCC1. The number of carbonyl (C=O) groups excluding carboxylic acids is 1. The van der Waals surface area contributed by atoms with Crippen LogP contribution in [0.2, 0.25) is 0 Å². The minimum absolute atomic E-state index is 0.278. The van der Waals surface area contributed by atoms with Crippen LogP contribution in [-0.2, 0) is 14.3 Å². The Morgan fingerprint density at radius 1 is 1.05 bits per heavy atom. The molecule has 4 heterocycles. The lowest BCUT2D eigenvalue weighted by Crippen LogP contribution is -2.37. The number of pyridine rings is 1. The van der Waals surface area contributed by atoms with Gasteiger partial charge >= 0.3 is 0 Å². The van der Waals surface area contributed by atoms with E-state index in [0.717, 1.165) is 11.1 Å². The summed E-state index contributed by atoms with van der Waals surface area (Å²) < 4.78 is 12.7. The van der Waals surface area contributed by atoms with Gasteiger partial charge in [0.05, 0.1) is 30.2 Å². The maximum atomic E-state index is 13.1. The predicted molar refractivity (Wildman–Crippen MR) is 155 cm³/mol. The quantitative estimate of drug-likeness (QED) is 0.255. The van der Waals surface area contributed by atoms with Crippen molar-refractivity contribution in [2.45, 2.75) is 6.17 Å². The van der Waals surface area contributed by atoms with Crippen LogP contribution < -0.4 is 16.0 Å². The fraction of sp³-hybridized carbons (Fsp3) is 0.172. The van der Waals surface area contributed by atoms with Crippen LogP contribution in [0.5, 0.6) is 0 Å². The molecule has 1 saturated heterocycles. The summed E-state index contributed by atoms with van der Waals surface area (Å²) in [6.45, 7) is 2.27. The first kappa shape index (κ1) is 25.9. The van der Waals surface area contributed by atoms with Gasteiger partial charge in [0.15, 0.2) is 11.6 Å². The summed E-state index contributed by atoms with van der Waals surface area (Å²) in [4.78, 5) is 28.4. The number of aromatic nitrogens is 3. The number of benzodiazepines with no additional fused rings is 1. The van der Waals surface area contributed by atoms with E-state index in [-0.39, 0.29) is 11.9 Å². The second-order valence-electron chi connectivity index (χ2n) is 9.25. The molecule has 2 aliphatic heterocycles. The minimum Gasteiger partial charge on any atom is -0.407 e. The summed E-state index contributed by atoms with van der Waals surface area (Å²) in [5.74, 6) is 0.363. The summed E-state index contributed by atoms with van der Waals surface area (Å²) in [6, 6.07) is 22.0. The van der Waals surface area contributed by atoms with Gasteiger partial charge in [-0.15, -0.1) is 5.10 Å². The number of hydrogen-bond donors (Lipinski definition) is 3. The number of benzene rings is 2. The Hall–Kier alpha value is -5.36. The number of amides is 1. The van der Waals surface area contributed by atoms with Crippen molar-refractivity contribution >= 4 is 35.0 Å².